The van der Waals surface area contributed by atoms with Gasteiger partial charge in [0.1, 0.15) is 0 Å². The molecule has 19 heavy (non-hydrogen) atoms. The van der Waals surface area contributed by atoms with Crippen LogP contribution < -0.4 is 4.74 Å². The molecule has 1 aliphatic heterocycles. The topological polar surface area (TPSA) is 55.8 Å². The molecule has 0 aromatic heterocycles. The maximum absolute atomic E-state index is 13.7. The molecule has 1 saturated heterocycles. The number of benzene rings is 1. The van der Waals surface area contributed by atoms with Crippen molar-refractivity contribution in [2.45, 2.75) is 31.5 Å². The van der Waals surface area contributed by atoms with Crippen LogP contribution in [0.25, 0.3) is 0 Å². The maximum atomic E-state index is 13.7. The Morgan fingerprint density at radius 3 is 2.74 bits per heavy atom. The Labute approximate surface area is 108 Å². The molecule has 1 N–H and O–H groups in total. The van der Waals surface area contributed by atoms with Gasteiger partial charge in [0.2, 0.25) is 5.82 Å². The minimum atomic E-state index is -1.12. The second kappa shape index (κ2) is 5.13. The molecular weight excluding hydrogens is 258 g/mol. The van der Waals surface area contributed by atoms with Crippen LogP contribution in [-0.4, -0.2) is 30.4 Å². The van der Waals surface area contributed by atoms with E-state index in [0.717, 1.165) is 6.07 Å². The largest absolute Gasteiger partial charge is 0.493 e. The lowest BCUT2D eigenvalue weighted by Gasteiger charge is -2.18. The number of rotatable bonds is 3. The van der Waals surface area contributed by atoms with Crippen molar-refractivity contribution in [3.05, 3.63) is 29.3 Å². The molecule has 1 aromatic rings. The molecule has 0 aliphatic carbocycles. The summed E-state index contributed by atoms with van der Waals surface area (Å²) in [7, 11) is 1.22. The number of carboxylic acid groups (broad SMARTS) is 1. The number of methoxy groups -OCH3 is 1. The van der Waals surface area contributed by atoms with E-state index in [0.29, 0.717) is 12.0 Å². The molecule has 0 bridgehead atoms. The summed E-state index contributed by atoms with van der Waals surface area (Å²) >= 11 is 0. The van der Waals surface area contributed by atoms with Gasteiger partial charge in [-0.3, -0.25) is 0 Å². The first-order chi connectivity index (χ1) is 8.95. The van der Waals surface area contributed by atoms with Crippen molar-refractivity contribution in [2.75, 3.05) is 7.11 Å². The third-order valence-electron chi connectivity index (χ3n) is 3.26. The summed E-state index contributed by atoms with van der Waals surface area (Å²) in [5.74, 6) is -4.07. The highest BCUT2D eigenvalue weighted by atomic mass is 19.2. The van der Waals surface area contributed by atoms with Crippen molar-refractivity contribution in [1.29, 1.82) is 0 Å². The van der Waals surface area contributed by atoms with E-state index in [9.17, 15) is 13.6 Å². The van der Waals surface area contributed by atoms with E-state index < -0.39 is 29.6 Å². The lowest BCUT2D eigenvalue weighted by Crippen LogP contribution is -2.25. The van der Waals surface area contributed by atoms with Crippen molar-refractivity contribution < 1.29 is 28.2 Å². The van der Waals surface area contributed by atoms with Crippen LogP contribution >= 0.6 is 0 Å². The fourth-order valence-electron chi connectivity index (χ4n) is 2.45. The number of halogens is 2. The summed E-state index contributed by atoms with van der Waals surface area (Å²) in [6.45, 7) is 1.74. The maximum Gasteiger partial charge on any atom is 0.333 e. The summed E-state index contributed by atoms with van der Waals surface area (Å²) in [4.78, 5) is 11.1. The highest BCUT2D eigenvalue weighted by Gasteiger charge is 2.41. The van der Waals surface area contributed by atoms with Gasteiger partial charge in [-0.2, -0.15) is 4.39 Å². The highest BCUT2D eigenvalue weighted by molar-refractivity contribution is 5.74. The van der Waals surface area contributed by atoms with E-state index in [1.807, 2.05) is 0 Å². The van der Waals surface area contributed by atoms with Gasteiger partial charge < -0.3 is 14.6 Å². The zero-order valence-electron chi connectivity index (χ0n) is 10.5. The molecule has 104 valence electrons. The molecule has 2 rings (SSSR count). The fourth-order valence-corrected chi connectivity index (χ4v) is 2.45. The number of hydrogen-bond acceptors (Lipinski definition) is 3. The van der Waals surface area contributed by atoms with Gasteiger partial charge in [0.05, 0.1) is 13.2 Å². The van der Waals surface area contributed by atoms with Crippen LogP contribution in [0.4, 0.5) is 8.78 Å². The molecule has 6 heteroatoms. The molecule has 0 saturated carbocycles. The van der Waals surface area contributed by atoms with Crippen molar-refractivity contribution in [3.63, 3.8) is 0 Å². The second-order valence-corrected chi connectivity index (χ2v) is 4.53. The molecule has 0 spiro atoms. The molecule has 1 fully saturated rings. The zero-order valence-corrected chi connectivity index (χ0v) is 10.5. The first-order valence-corrected chi connectivity index (χ1v) is 5.85. The summed E-state index contributed by atoms with van der Waals surface area (Å²) < 4.78 is 37.0. The molecule has 3 atom stereocenters. The van der Waals surface area contributed by atoms with E-state index in [1.54, 1.807) is 6.92 Å². The van der Waals surface area contributed by atoms with Gasteiger partial charge >= 0.3 is 5.97 Å². The van der Waals surface area contributed by atoms with Crippen molar-refractivity contribution in [3.8, 4) is 5.75 Å². The predicted molar refractivity (Wildman–Crippen MR) is 62.2 cm³/mol. The minimum absolute atomic E-state index is 0.256. The normalized spacial score (nSPS) is 26.4. The third kappa shape index (κ3) is 2.40. The Balaban J connectivity index is 2.46. The SMILES string of the molecule is COc1c(C2CC(C)OC2C(=O)O)ccc(F)c1F. The molecule has 3 unspecified atom stereocenters. The van der Waals surface area contributed by atoms with Crippen LogP contribution in [0.5, 0.6) is 5.75 Å². The monoisotopic (exact) mass is 272 g/mol. The van der Waals surface area contributed by atoms with E-state index >= 15 is 0 Å². The first kappa shape index (κ1) is 13.7. The Morgan fingerprint density at radius 1 is 1.47 bits per heavy atom. The lowest BCUT2D eigenvalue weighted by molar-refractivity contribution is -0.149. The highest BCUT2D eigenvalue weighted by Crippen LogP contribution is 2.40. The van der Waals surface area contributed by atoms with Gasteiger partial charge in [0.25, 0.3) is 0 Å². The van der Waals surface area contributed by atoms with E-state index in [1.165, 1.54) is 13.2 Å². The Bertz CT molecular complexity index is 504. The van der Waals surface area contributed by atoms with Gasteiger partial charge in [-0.25, -0.2) is 9.18 Å². The average Bonchev–Trinajstić information content (AvgIpc) is 2.74. The zero-order chi connectivity index (χ0) is 14.2. The Kier molecular flexibility index (Phi) is 3.71. The summed E-state index contributed by atoms with van der Waals surface area (Å²) in [5.41, 5.74) is 0.318. The number of carbonyl (C=O) groups is 1. The Morgan fingerprint density at radius 2 is 2.16 bits per heavy atom. The standard InChI is InChI=1S/C13H14F2O4/c1-6-5-8(12(19-6)13(16)17)7-3-4-9(14)10(15)11(7)18-2/h3-4,6,8,12H,5H2,1-2H3,(H,16,17). The quantitative estimate of drug-likeness (QED) is 0.917. The molecular formula is C13H14F2O4. The van der Waals surface area contributed by atoms with E-state index in [4.69, 9.17) is 14.6 Å². The molecule has 1 heterocycles. The van der Waals surface area contributed by atoms with E-state index in [2.05, 4.69) is 0 Å². The molecule has 0 radical (unpaired) electrons. The minimum Gasteiger partial charge on any atom is -0.493 e. The van der Waals surface area contributed by atoms with Gasteiger partial charge in [0.15, 0.2) is 17.7 Å². The van der Waals surface area contributed by atoms with Gasteiger partial charge in [0, 0.05) is 11.5 Å². The summed E-state index contributed by atoms with van der Waals surface area (Å²) in [6.07, 6.45) is -0.920. The number of carboxylic acids is 1. The number of ether oxygens (including phenoxy) is 2. The van der Waals surface area contributed by atoms with Crippen molar-refractivity contribution in [1.82, 2.24) is 0 Å². The third-order valence-corrected chi connectivity index (χ3v) is 3.26. The average molecular weight is 272 g/mol. The summed E-state index contributed by atoms with van der Waals surface area (Å²) in [6, 6.07) is 2.31. The van der Waals surface area contributed by atoms with Crippen LogP contribution in [0.15, 0.2) is 12.1 Å². The van der Waals surface area contributed by atoms with E-state index in [-0.39, 0.29) is 11.9 Å². The predicted octanol–water partition coefficient (Wildman–Crippen LogP) is 2.32. The van der Waals surface area contributed by atoms with Crippen LogP contribution in [0.2, 0.25) is 0 Å². The fraction of sp³-hybridized carbons (Fsp3) is 0.462. The second-order valence-electron chi connectivity index (χ2n) is 4.53. The van der Waals surface area contributed by atoms with Crippen molar-refractivity contribution >= 4 is 5.97 Å². The van der Waals surface area contributed by atoms with Crippen LogP contribution in [0, 0.1) is 11.6 Å². The number of aliphatic carboxylic acids is 1. The van der Waals surface area contributed by atoms with Gasteiger partial charge in [-0.05, 0) is 19.4 Å². The van der Waals surface area contributed by atoms with Crippen LogP contribution in [-0.2, 0) is 9.53 Å². The molecule has 1 aliphatic rings. The van der Waals surface area contributed by atoms with Gasteiger partial charge in [-0.1, -0.05) is 6.07 Å². The smallest absolute Gasteiger partial charge is 0.333 e. The van der Waals surface area contributed by atoms with Crippen LogP contribution in [0.3, 0.4) is 0 Å². The number of hydrogen-bond donors (Lipinski definition) is 1. The van der Waals surface area contributed by atoms with Gasteiger partial charge in [-0.15, -0.1) is 0 Å². The summed E-state index contributed by atoms with van der Waals surface area (Å²) in [5, 5.41) is 9.12. The molecule has 4 nitrogen and oxygen atoms in total. The first-order valence-electron chi connectivity index (χ1n) is 5.85. The molecule has 1 aromatic carbocycles. The van der Waals surface area contributed by atoms with Crippen molar-refractivity contribution in [2.24, 2.45) is 0 Å². The molecule has 0 amide bonds. The lowest BCUT2D eigenvalue weighted by atomic mass is 9.90. The van der Waals surface area contributed by atoms with Crippen LogP contribution in [0.1, 0.15) is 24.8 Å². The Hall–Kier alpha value is -1.69.